The maximum absolute atomic E-state index is 12.9. The summed E-state index contributed by atoms with van der Waals surface area (Å²) < 4.78 is 36.1. The van der Waals surface area contributed by atoms with E-state index in [2.05, 4.69) is 6.58 Å². The Morgan fingerprint density at radius 1 is 1.64 bits per heavy atom. The maximum Gasteiger partial charge on any atom is 0.294 e. The van der Waals surface area contributed by atoms with Crippen LogP contribution in [-0.2, 0) is 9.47 Å². The third kappa shape index (κ3) is 2.29. The van der Waals surface area contributed by atoms with Crippen LogP contribution in [0.2, 0.25) is 0 Å². The Kier molecular flexibility index (Phi) is 2.94. The monoisotopic (exact) mass is 208 g/mol. The fourth-order valence-corrected chi connectivity index (χ4v) is 1.24. The van der Waals surface area contributed by atoms with Crippen molar-refractivity contribution in [3.05, 3.63) is 12.7 Å². The Labute approximate surface area is 81.3 Å². The van der Waals surface area contributed by atoms with Gasteiger partial charge in [-0.05, 0) is 19.9 Å². The van der Waals surface area contributed by atoms with Gasteiger partial charge >= 0.3 is 0 Å². The van der Waals surface area contributed by atoms with Crippen LogP contribution >= 0.6 is 0 Å². The number of rotatable bonds is 3. The minimum Gasteiger partial charge on any atom is -0.384 e. The van der Waals surface area contributed by atoms with E-state index in [0.29, 0.717) is 6.08 Å². The number of aliphatic hydroxyl groups is 1. The normalized spacial score (nSPS) is 28.8. The van der Waals surface area contributed by atoms with Gasteiger partial charge in [0.1, 0.15) is 12.2 Å². The molecular formula is C9H14F2O3. The molecule has 0 spiro atoms. The van der Waals surface area contributed by atoms with Crippen molar-refractivity contribution < 1.29 is 23.4 Å². The molecule has 1 aliphatic heterocycles. The van der Waals surface area contributed by atoms with Crippen molar-refractivity contribution in [1.82, 2.24) is 0 Å². The predicted molar refractivity (Wildman–Crippen MR) is 46.1 cm³/mol. The lowest BCUT2D eigenvalue weighted by Gasteiger charge is -2.24. The second-order valence-corrected chi connectivity index (χ2v) is 3.69. The lowest BCUT2D eigenvalue weighted by Crippen LogP contribution is -2.43. The topological polar surface area (TPSA) is 38.7 Å². The zero-order valence-corrected chi connectivity index (χ0v) is 8.17. The molecule has 82 valence electrons. The zero-order valence-electron chi connectivity index (χ0n) is 8.17. The van der Waals surface area contributed by atoms with Gasteiger partial charge in [0.25, 0.3) is 5.92 Å². The summed E-state index contributed by atoms with van der Waals surface area (Å²) in [4.78, 5) is 0. The van der Waals surface area contributed by atoms with Crippen LogP contribution in [0.3, 0.4) is 0 Å². The van der Waals surface area contributed by atoms with E-state index in [4.69, 9.17) is 9.47 Å². The highest BCUT2D eigenvalue weighted by atomic mass is 19.3. The van der Waals surface area contributed by atoms with Gasteiger partial charge in [-0.1, -0.05) is 6.58 Å². The molecule has 0 bridgehead atoms. The smallest absolute Gasteiger partial charge is 0.294 e. The lowest BCUT2D eigenvalue weighted by atomic mass is 10.1. The van der Waals surface area contributed by atoms with Gasteiger partial charge < -0.3 is 14.6 Å². The summed E-state index contributed by atoms with van der Waals surface area (Å²) in [5, 5.41) is 9.28. The van der Waals surface area contributed by atoms with Crippen LogP contribution in [-0.4, -0.2) is 35.6 Å². The quantitative estimate of drug-likeness (QED) is 0.711. The van der Waals surface area contributed by atoms with Crippen LogP contribution in [0.5, 0.6) is 0 Å². The van der Waals surface area contributed by atoms with Crippen LogP contribution in [0, 0.1) is 0 Å². The molecule has 2 atom stereocenters. The first-order valence-electron chi connectivity index (χ1n) is 4.30. The third-order valence-electron chi connectivity index (χ3n) is 2.05. The molecule has 0 saturated carbocycles. The van der Waals surface area contributed by atoms with Gasteiger partial charge in [0, 0.05) is 0 Å². The number of hydrogen-bond donors (Lipinski definition) is 1. The van der Waals surface area contributed by atoms with Gasteiger partial charge in [-0.15, -0.1) is 0 Å². The van der Waals surface area contributed by atoms with E-state index in [0.717, 1.165) is 0 Å². The molecule has 0 aromatic carbocycles. The zero-order chi connectivity index (χ0) is 11.0. The number of hydrogen-bond acceptors (Lipinski definition) is 3. The Morgan fingerprint density at radius 2 is 2.21 bits per heavy atom. The molecule has 1 aliphatic rings. The molecule has 5 heteroatoms. The number of halogens is 2. The van der Waals surface area contributed by atoms with Crippen LogP contribution in [0.25, 0.3) is 0 Å². The summed E-state index contributed by atoms with van der Waals surface area (Å²) >= 11 is 0. The van der Waals surface area contributed by atoms with Crippen LogP contribution in [0.15, 0.2) is 12.7 Å². The van der Waals surface area contributed by atoms with Gasteiger partial charge in [-0.25, -0.2) is 0 Å². The first kappa shape index (κ1) is 11.6. The average molecular weight is 208 g/mol. The maximum atomic E-state index is 12.9. The lowest BCUT2D eigenvalue weighted by molar-refractivity contribution is -0.176. The van der Waals surface area contributed by atoms with Crippen molar-refractivity contribution >= 4 is 0 Å². The molecule has 0 aromatic heterocycles. The minimum atomic E-state index is -3.35. The van der Waals surface area contributed by atoms with Crippen molar-refractivity contribution in [2.24, 2.45) is 0 Å². The molecule has 1 rings (SSSR count). The molecule has 1 heterocycles. The number of aliphatic hydroxyl groups excluding tert-OH is 1. The van der Waals surface area contributed by atoms with Crippen molar-refractivity contribution in [1.29, 1.82) is 0 Å². The van der Waals surface area contributed by atoms with E-state index in [-0.39, 0.29) is 6.61 Å². The SMILES string of the molecule is C=CC(F)(F)C(O)[C@H]1COC(C)(C)O1. The second-order valence-electron chi connectivity index (χ2n) is 3.69. The highest BCUT2D eigenvalue weighted by Crippen LogP contribution is 2.31. The largest absolute Gasteiger partial charge is 0.384 e. The minimum absolute atomic E-state index is 0.0441. The van der Waals surface area contributed by atoms with Crippen molar-refractivity contribution in [2.45, 2.75) is 37.8 Å². The molecule has 0 radical (unpaired) electrons. The Bertz CT molecular complexity index is 228. The van der Waals surface area contributed by atoms with E-state index in [1.54, 1.807) is 13.8 Å². The standard InChI is InChI=1S/C9H14F2O3/c1-4-9(10,11)7(12)6-5-13-8(2,3)14-6/h4,6-7,12H,1,5H2,2-3H3/t6-,7?/m1/s1. The highest BCUT2D eigenvalue weighted by Gasteiger charge is 2.46. The summed E-state index contributed by atoms with van der Waals surface area (Å²) in [6.07, 6.45) is -2.52. The van der Waals surface area contributed by atoms with Gasteiger partial charge in [-0.2, -0.15) is 8.78 Å². The molecule has 0 aromatic rings. The molecule has 1 N–H and O–H groups in total. The Balaban J connectivity index is 2.64. The van der Waals surface area contributed by atoms with Crippen LogP contribution in [0.4, 0.5) is 8.78 Å². The summed E-state index contributed by atoms with van der Waals surface area (Å²) in [5.74, 6) is -4.27. The predicted octanol–water partition coefficient (Wildman–Crippen LogP) is 1.32. The fraction of sp³-hybridized carbons (Fsp3) is 0.778. The van der Waals surface area contributed by atoms with E-state index < -0.39 is 23.9 Å². The molecule has 14 heavy (non-hydrogen) atoms. The van der Waals surface area contributed by atoms with Crippen molar-refractivity contribution in [3.63, 3.8) is 0 Å². The number of ether oxygens (including phenoxy) is 2. The average Bonchev–Trinajstić information content (AvgIpc) is 2.44. The van der Waals surface area contributed by atoms with Gasteiger partial charge in [0.15, 0.2) is 5.79 Å². The van der Waals surface area contributed by atoms with Crippen molar-refractivity contribution in [2.75, 3.05) is 6.61 Å². The van der Waals surface area contributed by atoms with Gasteiger partial charge in [0.05, 0.1) is 6.61 Å². The third-order valence-corrected chi connectivity index (χ3v) is 2.05. The van der Waals surface area contributed by atoms with E-state index in [9.17, 15) is 13.9 Å². The Hall–Kier alpha value is -0.520. The molecule has 0 aliphatic carbocycles. The molecule has 0 amide bonds. The summed E-state index contributed by atoms with van der Waals surface area (Å²) in [7, 11) is 0. The molecule has 3 nitrogen and oxygen atoms in total. The second kappa shape index (κ2) is 3.56. The van der Waals surface area contributed by atoms with Crippen LogP contribution < -0.4 is 0 Å². The first-order valence-corrected chi connectivity index (χ1v) is 4.30. The summed E-state index contributed by atoms with van der Waals surface area (Å²) in [6, 6.07) is 0. The van der Waals surface area contributed by atoms with Crippen LogP contribution in [0.1, 0.15) is 13.8 Å². The summed E-state index contributed by atoms with van der Waals surface area (Å²) in [5.41, 5.74) is 0. The molecular weight excluding hydrogens is 194 g/mol. The highest BCUT2D eigenvalue weighted by molar-refractivity contribution is 4.97. The van der Waals surface area contributed by atoms with E-state index in [1.807, 2.05) is 0 Å². The summed E-state index contributed by atoms with van der Waals surface area (Å²) in [6.45, 7) is 6.12. The first-order chi connectivity index (χ1) is 6.28. The van der Waals surface area contributed by atoms with E-state index in [1.165, 1.54) is 0 Å². The molecule has 1 fully saturated rings. The van der Waals surface area contributed by atoms with E-state index >= 15 is 0 Å². The molecule has 1 saturated heterocycles. The molecule has 1 unspecified atom stereocenters. The number of alkyl halides is 2. The fourth-order valence-electron chi connectivity index (χ4n) is 1.24. The van der Waals surface area contributed by atoms with Crippen molar-refractivity contribution in [3.8, 4) is 0 Å². The van der Waals surface area contributed by atoms with Gasteiger partial charge in [-0.3, -0.25) is 0 Å². The Morgan fingerprint density at radius 3 is 2.57 bits per heavy atom. The van der Waals surface area contributed by atoms with Gasteiger partial charge in [0.2, 0.25) is 0 Å².